The summed E-state index contributed by atoms with van der Waals surface area (Å²) >= 11 is 13.2. The molecule has 1 amide bonds. The number of hydrogen-bond donors (Lipinski definition) is 1. The van der Waals surface area contributed by atoms with Crippen LogP contribution in [0.3, 0.4) is 0 Å². The van der Waals surface area contributed by atoms with E-state index in [1.54, 1.807) is 41.9 Å². The van der Waals surface area contributed by atoms with Gasteiger partial charge in [0.2, 0.25) is 5.91 Å². The summed E-state index contributed by atoms with van der Waals surface area (Å²) in [5, 5.41) is 18.3. The normalized spacial score (nSPS) is 11.1. The molecular formula is C23H20Cl2N6O3S. The fourth-order valence-corrected chi connectivity index (χ4v) is 4.63. The summed E-state index contributed by atoms with van der Waals surface area (Å²) in [6.45, 7) is 0.201. The number of carbonyl (C=O) groups excluding carboxylic acids is 2. The Hall–Kier alpha value is -3.21. The van der Waals surface area contributed by atoms with Crippen molar-refractivity contribution in [1.82, 2.24) is 24.5 Å². The maximum Gasteiger partial charge on any atom is 0.274 e. The Morgan fingerprint density at radius 2 is 1.91 bits per heavy atom. The summed E-state index contributed by atoms with van der Waals surface area (Å²) in [5.41, 5.74) is 0.878. The molecule has 0 unspecified atom stereocenters. The number of fused-ring (bicyclic) bond motifs is 1. The zero-order valence-electron chi connectivity index (χ0n) is 18.6. The van der Waals surface area contributed by atoms with Gasteiger partial charge in [0.05, 0.1) is 40.5 Å². The van der Waals surface area contributed by atoms with E-state index in [0.717, 1.165) is 11.7 Å². The van der Waals surface area contributed by atoms with Gasteiger partial charge < -0.3 is 14.7 Å². The minimum atomic E-state index is -0.251. The number of carbonyl (C=O) groups is 2. The minimum Gasteiger partial charge on any atom is -0.324 e. The van der Waals surface area contributed by atoms with Crippen LogP contribution >= 0.6 is 35.0 Å². The van der Waals surface area contributed by atoms with Crippen molar-refractivity contribution >= 4 is 63.6 Å². The zero-order valence-corrected chi connectivity index (χ0v) is 20.9. The number of rotatable bonds is 9. The molecule has 35 heavy (non-hydrogen) atoms. The van der Waals surface area contributed by atoms with Crippen LogP contribution in [-0.2, 0) is 29.6 Å². The van der Waals surface area contributed by atoms with Crippen molar-refractivity contribution in [2.24, 2.45) is 7.05 Å². The largest absolute Gasteiger partial charge is 0.324 e. The maximum absolute atomic E-state index is 12.7. The van der Waals surface area contributed by atoms with Crippen molar-refractivity contribution in [1.29, 1.82) is 0 Å². The molecular weight excluding hydrogens is 511 g/mol. The molecule has 2 aromatic carbocycles. The summed E-state index contributed by atoms with van der Waals surface area (Å²) in [4.78, 5) is 35.9. The van der Waals surface area contributed by atoms with E-state index in [2.05, 4.69) is 20.6 Å². The Labute approximate surface area is 214 Å². The Kier molecular flexibility index (Phi) is 7.84. The fourth-order valence-electron chi connectivity index (χ4n) is 3.44. The number of hydrogen-bond acceptors (Lipinski definition) is 7. The maximum atomic E-state index is 12.7. The first-order chi connectivity index (χ1) is 16.9. The highest BCUT2D eigenvalue weighted by molar-refractivity contribution is 7.99. The van der Waals surface area contributed by atoms with Crippen LogP contribution in [0.4, 0.5) is 5.69 Å². The SMILES string of the molecule is Cn1c(Cc2nn(CCC=O)c(=O)c3ccccc23)nnc1SCC(=O)Nc1ccc(Cl)cc1Cl. The second-order valence-corrected chi connectivity index (χ2v) is 9.36. The van der Waals surface area contributed by atoms with Gasteiger partial charge in [-0.05, 0) is 24.3 Å². The van der Waals surface area contributed by atoms with Crippen molar-refractivity contribution in [3.8, 4) is 0 Å². The summed E-state index contributed by atoms with van der Waals surface area (Å²) in [6.07, 6.45) is 1.27. The molecule has 9 nitrogen and oxygen atoms in total. The number of amides is 1. The molecule has 0 aliphatic rings. The number of nitrogens with zero attached hydrogens (tertiary/aromatic N) is 5. The number of thioether (sulfide) groups is 1. The van der Waals surface area contributed by atoms with E-state index in [0.29, 0.717) is 44.2 Å². The van der Waals surface area contributed by atoms with Crippen LogP contribution in [-0.4, -0.2) is 42.5 Å². The molecule has 0 atom stereocenters. The fraction of sp³-hybridized carbons (Fsp3) is 0.217. The second kappa shape index (κ2) is 11.0. The molecule has 2 heterocycles. The van der Waals surface area contributed by atoms with Crippen LogP contribution in [0.5, 0.6) is 0 Å². The quantitative estimate of drug-likeness (QED) is 0.259. The monoisotopic (exact) mass is 530 g/mol. The van der Waals surface area contributed by atoms with Crippen molar-refractivity contribution in [2.75, 3.05) is 11.1 Å². The third-order valence-corrected chi connectivity index (χ3v) is 6.76. The first-order valence-corrected chi connectivity index (χ1v) is 12.3. The number of aromatic nitrogens is 5. The molecule has 0 spiro atoms. The second-order valence-electron chi connectivity index (χ2n) is 7.57. The lowest BCUT2D eigenvalue weighted by atomic mass is 10.1. The molecule has 0 saturated carbocycles. The number of anilines is 1. The molecule has 0 bridgehead atoms. The van der Waals surface area contributed by atoms with Gasteiger partial charge in [0.1, 0.15) is 12.1 Å². The van der Waals surface area contributed by atoms with Gasteiger partial charge in [0.15, 0.2) is 5.16 Å². The average molecular weight is 531 g/mol. The van der Waals surface area contributed by atoms with Crippen LogP contribution in [0, 0.1) is 0 Å². The standard InChI is InChI=1S/C23H20Cl2N6O3S/c1-30-20(12-19-15-5-2-3-6-16(15)22(34)31(29-19)9-4-10-32)27-28-23(30)35-13-21(33)26-18-8-7-14(24)11-17(18)25/h2-3,5-8,10-11H,4,9,12-13H2,1H3,(H,26,33). The molecule has 2 aromatic heterocycles. The number of aryl methyl sites for hydroxylation is 1. The van der Waals surface area contributed by atoms with Gasteiger partial charge in [0.25, 0.3) is 5.56 Å². The van der Waals surface area contributed by atoms with Gasteiger partial charge >= 0.3 is 0 Å². The molecule has 0 aliphatic heterocycles. The third kappa shape index (κ3) is 5.72. The van der Waals surface area contributed by atoms with Crippen LogP contribution in [0.15, 0.2) is 52.4 Å². The van der Waals surface area contributed by atoms with Gasteiger partial charge in [-0.25, -0.2) is 4.68 Å². The summed E-state index contributed by atoms with van der Waals surface area (Å²) in [6, 6.07) is 12.0. The summed E-state index contributed by atoms with van der Waals surface area (Å²) in [7, 11) is 1.80. The number of benzene rings is 2. The highest BCUT2D eigenvalue weighted by atomic mass is 35.5. The predicted octanol–water partition coefficient (Wildman–Crippen LogP) is 3.74. The van der Waals surface area contributed by atoms with Gasteiger partial charge in [-0.2, -0.15) is 5.10 Å². The third-order valence-electron chi connectivity index (χ3n) is 5.19. The lowest BCUT2D eigenvalue weighted by Crippen LogP contribution is -2.25. The lowest BCUT2D eigenvalue weighted by Gasteiger charge is -2.10. The molecule has 180 valence electrons. The van der Waals surface area contributed by atoms with Crippen molar-refractivity contribution in [3.05, 3.63) is 74.4 Å². The number of nitrogens with one attached hydrogen (secondary N) is 1. The topological polar surface area (TPSA) is 112 Å². The number of halogens is 2. The van der Waals surface area contributed by atoms with Crippen molar-refractivity contribution < 1.29 is 9.59 Å². The van der Waals surface area contributed by atoms with E-state index in [1.165, 1.54) is 16.4 Å². The van der Waals surface area contributed by atoms with Gasteiger partial charge in [0, 0.05) is 23.9 Å². The smallest absolute Gasteiger partial charge is 0.274 e. The van der Waals surface area contributed by atoms with Crippen LogP contribution < -0.4 is 10.9 Å². The van der Waals surface area contributed by atoms with E-state index >= 15 is 0 Å². The first-order valence-electron chi connectivity index (χ1n) is 10.6. The van der Waals surface area contributed by atoms with Gasteiger partial charge in [-0.15, -0.1) is 10.2 Å². The molecule has 12 heteroatoms. The number of aldehydes is 1. The van der Waals surface area contributed by atoms with Crippen molar-refractivity contribution in [2.45, 2.75) is 24.5 Å². The van der Waals surface area contributed by atoms with E-state index in [4.69, 9.17) is 23.2 Å². The highest BCUT2D eigenvalue weighted by Gasteiger charge is 2.16. The molecule has 0 fully saturated rings. The van der Waals surface area contributed by atoms with Crippen LogP contribution in [0.1, 0.15) is 17.9 Å². The van der Waals surface area contributed by atoms with Crippen LogP contribution in [0.25, 0.3) is 10.8 Å². The Bertz CT molecular complexity index is 1470. The molecule has 1 N–H and O–H groups in total. The summed E-state index contributed by atoms with van der Waals surface area (Å²) < 4.78 is 3.09. The Morgan fingerprint density at radius 3 is 2.66 bits per heavy atom. The molecule has 0 radical (unpaired) electrons. The molecule has 0 saturated heterocycles. The van der Waals surface area contributed by atoms with E-state index < -0.39 is 0 Å². The summed E-state index contributed by atoms with van der Waals surface area (Å²) in [5.74, 6) is 0.466. The minimum absolute atomic E-state index is 0.0999. The van der Waals surface area contributed by atoms with Gasteiger partial charge in [-0.1, -0.05) is 53.2 Å². The Balaban J connectivity index is 1.50. The van der Waals surface area contributed by atoms with Crippen molar-refractivity contribution in [3.63, 3.8) is 0 Å². The predicted molar refractivity (Wildman–Crippen MR) is 136 cm³/mol. The zero-order chi connectivity index (χ0) is 24.9. The van der Waals surface area contributed by atoms with E-state index in [1.807, 2.05) is 12.1 Å². The molecule has 4 rings (SSSR count). The van der Waals surface area contributed by atoms with Crippen LogP contribution in [0.2, 0.25) is 10.0 Å². The van der Waals surface area contributed by atoms with Gasteiger partial charge in [-0.3, -0.25) is 9.59 Å². The lowest BCUT2D eigenvalue weighted by molar-refractivity contribution is -0.113. The molecule has 4 aromatic rings. The average Bonchev–Trinajstić information content (AvgIpc) is 3.19. The van der Waals surface area contributed by atoms with E-state index in [-0.39, 0.29) is 30.2 Å². The Morgan fingerprint density at radius 1 is 1.14 bits per heavy atom. The highest BCUT2D eigenvalue weighted by Crippen LogP contribution is 2.26. The molecule has 0 aliphatic carbocycles. The first kappa shape index (κ1) is 24.9. The van der Waals surface area contributed by atoms with E-state index in [9.17, 15) is 14.4 Å².